The second-order valence-electron chi connectivity index (χ2n) is 9.44. The molecule has 0 spiro atoms. The molecular weight excluding hydrogens is 524 g/mol. The predicted octanol–water partition coefficient (Wildman–Crippen LogP) is 7.25. The monoisotopic (exact) mass is 550 g/mol. The zero-order valence-electron chi connectivity index (χ0n) is 22.4. The lowest BCUT2D eigenvalue weighted by Gasteiger charge is -2.07. The topological polar surface area (TPSA) is 125 Å². The maximum atomic E-state index is 9.16. The van der Waals surface area contributed by atoms with Gasteiger partial charge in [-0.3, -0.25) is 4.98 Å². The Morgan fingerprint density at radius 3 is 2.59 bits per heavy atom. The van der Waals surface area contributed by atoms with Gasteiger partial charge in [0, 0.05) is 61.2 Å². The normalized spacial score (nSPS) is 12.6. The van der Waals surface area contributed by atoms with Crippen molar-refractivity contribution in [2.24, 2.45) is 11.5 Å². The van der Waals surface area contributed by atoms with Gasteiger partial charge < -0.3 is 11.5 Å². The first kappa shape index (κ1) is 27.1. The zero-order chi connectivity index (χ0) is 28.8. The molecule has 3 aromatic heterocycles. The van der Waals surface area contributed by atoms with E-state index in [1.165, 1.54) is 15.6 Å². The van der Waals surface area contributed by atoms with Crippen LogP contribution in [-0.2, 0) is 6.42 Å². The average molecular weight is 551 g/mol. The third kappa shape index (κ3) is 6.07. The molecule has 5 rings (SSSR count). The number of aromatic nitrogens is 2. The smallest absolute Gasteiger partial charge is 0.101 e. The highest BCUT2D eigenvalue weighted by Crippen LogP contribution is 2.37. The van der Waals surface area contributed by atoms with Crippen LogP contribution in [0.4, 0.5) is 0 Å². The van der Waals surface area contributed by atoms with Crippen molar-refractivity contribution < 1.29 is 0 Å². The molecule has 6 nitrogen and oxygen atoms in total. The number of hydrogen-bond acceptors (Lipinski definition) is 7. The van der Waals surface area contributed by atoms with Crippen molar-refractivity contribution >= 4 is 42.8 Å². The summed E-state index contributed by atoms with van der Waals surface area (Å²) in [7, 11) is 0. The molecule has 198 valence electrons. The zero-order valence-corrected chi connectivity index (χ0v) is 23.2. The van der Waals surface area contributed by atoms with Gasteiger partial charge in [0.25, 0.3) is 0 Å². The Hall–Kier alpha value is -5.50. The Kier molecular flexibility index (Phi) is 8.01. The number of nitrogens with two attached hydrogens (primary N) is 2. The lowest BCUT2D eigenvalue weighted by Crippen LogP contribution is -1.95. The van der Waals surface area contributed by atoms with E-state index >= 15 is 0 Å². The van der Waals surface area contributed by atoms with Gasteiger partial charge in [-0.05, 0) is 79.1 Å². The molecule has 7 heteroatoms. The van der Waals surface area contributed by atoms with Crippen LogP contribution in [0.25, 0.3) is 42.7 Å². The van der Waals surface area contributed by atoms with Crippen LogP contribution in [0.2, 0.25) is 0 Å². The van der Waals surface area contributed by atoms with E-state index in [0.717, 1.165) is 33.2 Å². The van der Waals surface area contributed by atoms with Crippen molar-refractivity contribution in [3.05, 3.63) is 132 Å². The van der Waals surface area contributed by atoms with Crippen LogP contribution in [0.1, 0.15) is 29.3 Å². The van der Waals surface area contributed by atoms with Gasteiger partial charge in [-0.25, -0.2) is 4.98 Å². The first-order valence-corrected chi connectivity index (χ1v) is 13.7. The second-order valence-corrected chi connectivity index (χ2v) is 10.5. The first-order valence-electron chi connectivity index (χ1n) is 12.9. The average Bonchev–Trinajstić information content (AvgIpc) is 3.39. The molecule has 0 bridgehead atoms. The van der Waals surface area contributed by atoms with Gasteiger partial charge in [-0.2, -0.15) is 10.5 Å². The molecule has 0 aliphatic heterocycles. The van der Waals surface area contributed by atoms with Crippen molar-refractivity contribution in [1.82, 2.24) is 9.97 Å². The van der Waals surface area contributed by atoms with Gasteiger partial charge in [0.2, 0.25) is 0 Å². The molecule has 3 heterocycles. The number of nitriles is 2. The molecule has 0 amide bonds. The molecule has 0 saturated carbocycles. The van der Waals surface area contributed by atoms with Crippen molar-refractivity contribution in [3.63, 3.8) is 0 Å². The fourth-order valence-electron chi connectivity index (χ4n) is 4.48. The number of rotatable bonds is 7. The van der Waals surface area contributed by atoms with E-state index < -0.39 is 0 Å². The summed E-state index contributed by atoms with van der Waals surface area (Å²) < 4.78 is 2.36. The van der Waals surface area contributed by atoms with Gasteiger partial charge in [-0.15, -0.1) is 11.3 Å². The van der Waals surface area contributed by atoms with Crippen LogP contribution in [0.15, 0.2) is 109 Å². The minimum Gasteiger partial charge on any atom is -0.404 e. The number of hydrogen-bond donors (Lipinski definition) is 2. The molecule has 41 heavy (non-hydrogen) atoms. The van der Waals surface area contributed by atoms with Crippen LogP contribution in [0.3, 0.4) is 0 Å². The molecule has 4 N–H and O–H groups in total. The minimum absolute atomic E-state index is 0.550. The number of nitrogens with zero attached hydrogens (tertiary/aromatic N) is 4. The first-order chi connectivity index (χ1) is 20.0. The van der Waals surface area contributed by atoms with E-state index in [9.17, 15) is 0 Å². The van der Waals surface area contributed by atoms with Gasteiger partial charge in [0.05, 0.1) is 23.0 Å². The molecular formula is C34H26N6S. The molecule has 5 aromatic rings. The summed E-state index contributed by atoms with van der Waals surface area (Å²) in [5.74, 6) is 0. The van der Waals surface area contributed by atoms with E-state index in [4.69, 9.17) is 27.0 Å². The second kappa shape index (κ2) is 12.1. The molecule has 0 radical (unpaired) electrons. The largest absolute Gasteiger partial charge is 0.404 e. The maximum absolute atomic E-state index is 9.16. The quantitative estimate of drug-likeness (QED) is 0.162. The molecule has 0 aliphatic rings. The molecule has 0 aliphatic carbocycles. The summed E-state index contributed by atoms with van der Waals surface area (Å²) in [6.45, 7) is 1.74. The third-order valence-electron chi connectivity index (χ3n) is 6.56. The van der Waals surface area contributed by atoms with Crippen LogP contribution in [0.5, 0.6) is 0 Å². The number of benzene rings is 2. The van der Waals surface area contributed by atoms with Crippen LogP contribution in [-0.4, -0.2) is 9.97 Å². The molecule has 0 fully saturated rings. The lowest BCUT2D eigenvalue weighted by atomic mass is 10.0. The van der Waals surface area contributed by atoms with Crippen molar-refractivity contribution in [3.8, 4) is 23.4 Å². The summed E-state index contributed by atoms with van der Waals surface area (Å²) in [6.07, 6.45) is 13.0. The van der Waals surface area contributed by atoms with E-state index in [-0.39, 0.29) is 0 Å². The van der Waals surface area contributed by atoms with Gasteiger partial charge >= 0.3 is 0 Å². The van der Waals surface area contributed by atoms with Crippen LogP contribution >= 0.6 is 11.3 Å². The summed E-state index contributed by atoms with van der Waals surface area (Å²) in [6, 6.07) is 24.5. The minimum atomic E-state index is 0.550. The number of pyridine rings is 2. The van der Waals surface area contributed by atoms with E-state index in [2.05, 4.69) is 47.5 Å². The maximum Gasteiger partial charge on any atom is 0.101 e. The van der Waals surface area contributed by atoms with E-state index in [1.54, 1.807) is 36.7 Å². The summed E-state index contributed by atoms with van der Waals surface area (Å²) in [5, 5.41) is 20.5. The van der Waals surface area contributed by atoms with Gasteiger partial charge in [0.15, 0.2) is 0 Å². The standard InChI is InChI=1S/C34H26N6S/c1-22(17-35)13-27(19-37)32-8-4-7-31(40-32)26-10-12-34-29(16-26)28-15-25(9-11-33(28)41-34)30(38)6-3-2-5-23-14-24(18-36)21-39-20-23/h2-4,6-16,19-21H,5,37-38H2,1H3/b3-2-,22-13+,27-19+,30-6-. The fraction of sp³-hybridized carbons (Fsp3) is 0.0588. The SMILES string of the molecule is C/C(C#N)=C\C(=C/N)c1cccc(-c2ccc3sc4ccc(/C(N)=C/C=C\Cc5cncc(C#N)c5)cc4c3c2)n1. The third-order valence-corrected chi connectivity index (χ3v) is 7.71. The molecule has 0 atom stereocenters. The Bertz CT molecular complexity index is 1980. The highest BCUT2D eigenvalue weighted by atomic mass is 32.1. The Balaban J connectivity index is 1.44. The van der Waals surface area contributed by atoms with Crippen molar-refractivity contribution in [2.45, 2.75) is 13.3 Å². The summed E-state index contributed by atoms with van der Waals surface area (Å²) in [4.78, 5) is 8.94. The van der Waals surface area contributed by atoms with Crippen LogP contribution in [0, 0.1) is 22.7 Å². The summed E-state index contributed by atoms with van der Waals surface area (Å²) >= 11 is 1.74. The summed E-state index contributed by atoms with van der Waals surface area (Å²) in [5.41, 5.74) is 19.2. The Morgan fingerprint density at radius 1 is 1.00 bits per heavy atom. The highest BCUT2D eigenvalue weighted by Gasteiger charge is 2.10. The number of thiophene rings is 1. The lowest BCUT2D eigenvalue weighted by molar-refractivity contribution is 1.18. The van der Waals surface area contributed by atoms with Crippen molar-refractivity contribution in [2.75, 3.05) is 0 Å². The molecule has 2 aromatic carbocycles. The fourth-order valence-corrected chi connectivity index (χ4v) is 5.54. The van der Waals surface area contributed by atoms with Crippen LogP contribution < -0.4 is 11.5 Å². The number of allylic oxidation sites excluding steroid dienone is 6. The van der Waals surface area contributed by atoms with Gasteiger partial charge in [-0.1, -0.05) is 30.4 Å². The molecule has 0 unspecified atom stereocenters. The van der Waals surface area contributed by atoms with Gasteiger partial charge in [0.1, 0.15) is 6.07 Å². The number of fused-ring (bicyclic) bond motifs is 3. The predicted molar refractivity (Wildman–Crippen MR) is 168 cm³/mol. The van der Waals surface area contributed by atoms with Crippen molar-refractivity contribution in [1.29, 1.82) is 10.5 Å². The molecule has 0 saturated heterocycles. The Labute approximate surface area is 242 Å². The highest BCUT2D eigenvalue weighted by molar-refractivity contribution is 7.25. The van der Waals surface area contributed by atoms with E-state index in [1.807, 2.05) is 48.6 Å². The van der Waals surface area contributed by atoms with E-state index in [0.29, 0.717) is 34.5 Å². The Morgan fingerprint density at radius 2 is 1.80 bits per heavy atom.